The van der Waals surface area contributed by atoms with Crippen LogP contribution >= 0.6 is 22.9 Å². The van der Waals surface area contributed by atoms with Crippen LogP contribution in [0.2, 0.25) is 5.02 Å². The van der Waals surface area contributed by atoms with Gasteiger partial charge in [-0.05, 0) is 36.8 Å². The standard InChI is InChI=1S/C21H19ClFN3O3S/c1-2-28-20(27)10-17-13-30-21(25-17)26-24-11-14-4-3-5-18(8-14)29-12-15-6-7-16(23)9-19(15)22/h3-9,11,13H,2,10,12H2,1H3,(H,25,26). The van der Waals surface area contributed by atoms with Gasteiger partial charge in [0.25, 0.3) is 0 Å². The highest BCUT2D eigenvalue weighted by Gasteiger charge is 2.08. The summed E-state index contributed by atoms with van der Waals surface area (Å²) in [6.45, 7) is 2.33. The summed E-state index contributed by atoms with van der Waals surface area (Å²) in [6, 6.07) is 11.5. The van der Waals surface area contributed by atoms with Crippen LogP contribution in [0.25, 0.3) is 0 Å². The number of hydrogen-bond donors (Lipinski definition) is 1. The Kier molecular flexibility index (Phi) is 7.75. The van der Waals surface area contributed by atoms with Gasteiger partial charge in [-0.1, -0.05) is 29.8 Å². The van der Waals surface area contributed by atoms with Gasteiger partial charge in [-0.3, -0.25) is 10.2 Å². The monoisotopic (exact) mass is 447 g/mol. The second-order valence-corrected chi connectivity index (χ2v) is 7.36. The van der Waals surface area contributed by atoms with E-state index in [1.807, 2.05) is 24.3 Å². The molecule has 3 rings (SSSR count). The normalized spacial score (nSPS) is 10.9. The molecule has 0 spiro atoms. The van der Waals surface area contributed by atoms with Gasteiger partial charge in [-0.2, -0.15) is 5.10 Å². The lowest BCUT2D eigenvalue weighted by Crippen LogP contribution is -2.07. The molecule has 6 nitrogen and oxygen atoms in total. The Morgan fingerprint density at radius 2 is 2.20 bits per heavy atom. The summed E-state index contributed by atoms with van der Waals surface area (Å²) in [5, 5.41) is 6.84. The quantitative estimate of drug-likeness (QED) is 0.282. The van der Waals surface area contributed by atoms with E-state index in [4.69, 9.17) is 21.1 Å². The molecular formula is C21H19ClFN3O3S. The minimum Gasteiger partial charge on any atom is -0.489 e. The summed E-state index contributed by atoms with van der Waals surface area (Å²) in [5.74, 6) is -0.0652. The average Bonchev–Trinajstić information content (AvgIpc) is 3.15. The van der Waals surface area contributed by atoms with Gasteiger partial charge >= 0.3 is 5.97 Å². The van der Waals surface area contributed by atoms with E-state index in [9.17, 15) is 9.18 Å². The molecule has 3 aromatic rings. The van der Waals surface area contributed by atoms with Gasteiger partial charge < -0.3 is 9.47 Å². The third kappa shape index (κ3) is 6.53. The number of rotatable bonds is 9. The van der Waals surface area contributed by atoms with Crippen molar-refractivity contribution in [2.24, 2.45) is 5.10 Å². The van der Waals surface area contributed by atoms with E-state index in [0.29, 0.717) is 33.8 Å². The number of nitrogens with one attached hydrogen (secondary N) is 1. The van der Waals surface area contributed by atoms with E-state index in [1.54, 1.807) is 24.6 Å². The molecule has 30 heavy (non-hydrogen) atoms. The molecular weight excluding hydrogens is 429 g/mol. The number of ether oxygens (including phenoxy) is 2. The number of carbonyl (C=O) groups is 1. The van der Waals surface area contributed by atoms with E-state index in [2.05, 4.69) is 15.5 Å². The molecule has 0 unspecified atom stereocenters. The van der Waals surface area contributed by atoms with Crippen LogP contribution in [-0.2, 0) is 22.6 Å². The summed E-state index contributed by atoms with van der Waals surface area (Å²) in [6.07, 6.45) is 1.76. The van der Waals surface area contributed by atoms with Crippen molar-refractivity contribution in [2.75, 3.05) is 12.0 Å². The van der Waals surface area contributed by atoms with Crippen molar-refractivity contribution in [1.82, 2.24) is 4.98 Å². The van der Waals surface area contributed by atoms with E-state index in [0.717, 1.165) is 5.56 Å². The highest BCUT2D eigenvalue weighted by molar-refractivity contribution is 7.13. The first-order valence-corrected chi connectivity index (χ1v) is 10.3. The molecule has 0 atom stereocenters. The van der Waals surface area contributed by atoms with Gasteiger partial charge in [0, 0.05) is 10.9 Å². The van der Waals surface area contributed by atoms with Crippen LogP contribution in [0.5, 0.6) is 5.75 Å². The molecule has 0 saturated carbocycles. The molecule has 0 aliphatic heterocycles. The van der Waals surface area contributed by atoms with Gasteiger partial charge in [0.1, 0.15) is 18.2 Å². The van der Waals surface area contributed by atoms with Gasteiger partial charge in [0.2, 0.25) is 5.13 Å². The van der Waals surface area contributed by atoms with Crippen molar-refractivity contribution in [3.05, 3.63) is 75.5 Å². The smallest absolute Gasteiger partial charge is 0.311 e. The SMILES string of the molecule is CCOC(=O)Cc1csc(NN=Cc2cccc(OCc3ccc(F)cc3Cl)c2)n1. The maximum absolute atomic E-state index is 13.1. The van der Waals surface area contributed by atoms with Crippen molar-refractivity contribution < 1.29 is 18.7 Å². The lowest BCUT2D eigenvalue weighted by molar-refractivity contribution is -0.142. The molecule has 1 heterocycles. The number of benzene rings is 2. The number of hydrogen-bond acceptors (Lipinski definition) is 7. The van der Waals surface area contributed by atoms with E-state index >= 15 is 0 Å². The summed E-state index contributed by atoms with van der Waals surface area (Å²) in [5.41, 5.74) is 4.98. The van der Waals surface area contributed by atoms with Crippen molar-refractivity contribution in [3.63, 3.8) is 0 Å². The molecule has 2 aromatic carbocycles. The van der Waals surface area contributed by atoms with Crippen LogP contribution in [0.4, 0.5) is 9.52 Å². The molecule has 0 amide bonds. The highest BCUT2D eigenvalue weighted by Crippen LogP contribution is 2.21. The average molecular weight is 448 g/mol. The molecule has 156 valence electrons. The summed E-state index contributed by atoms with van der Waals surface area (Å²) in [4.78, 5) is 15.8. The summed E-state index contributed by atoms with van der Waals surface area (Å²) >= 11 is 7.37. The number of thiazole rings is 1. The molecule has 0 fully saturated rings. The fraction of sp³-hybridized carbons (Fsp3) is 0.190. The highest BCUT2D eigenvalue weighted by atomic mass is 35.5. The fourth-order valence-electron chi connectivity index (χ4n) is 2.45. The van der Waals surface area contributed by atoms with Crippen molar-refractivity contribution in [3.8, 4) is 5.75 Å². The summed E-state index contributed by atoms with van der Waals surface area (Å²) in [7, 11) is 0. The molecule has 9 heteroatoms. The van der Waals surface area contributed by atoms with Crippen LogP contribution in [0.15, 0.2) is 52.9 Å². The van der Waals surface area contributed by atoms with Crippen LogP contribution in [0, 0.1) is 5.82 Å². The molecule has 0 radical (unpaired) electrons. The van der Waals surface area contributed by atoms with Gasteiger partial charge in [0.15, 0.2) is 0 Å². The zero-order chi connectivity index (χ0) is 21.3. The van der Waals surface area contributed by atoms with Crippen molar-refractivity contribution >= 4 is 40.3 Å². The zero-order valence-electron chi connectivity index (χ0n) is 16.1. The fourth-order valence-corrected chi connectivity index (χ4v) is 3.33. The second-order valence-electron chi connectivity index (χ2n) is 6.09. The minimum absolute atomic E-state index is 0.132. The molecule has 0 bridgehead atoms. The van der Waals surface area contributed by atoms with E-state index in [-0.39, 0.29) is 24.8 Å². The van der Waals surface area contributed by atoms with Crippen molar-refractivity contribution in [2.45, 2.75) is 20.0 Å². The van der Waals surface area contributed by atoms with E-state index < -0.39 is 0 Å². The maximum atomic E-state index is 13.1. The zero-order valence-corrected chi connectivity index (χ0v) is 17.7. The predicted octanol–water partition coefficient (Wildman–Crippen LogP) is 5.07. The Labute approximate surface area is 182 Å². The Morgan fingerprint density at radius 3 is 3.00 bits per heavy atom. The lowest BCUT2D eigenvalue weighted by atomic mass is 10.2. The number of esters is 1. The van der Waals surface area contributed by atoms with Crippen LogP contribution in [0.1, 0.15) is 23.7 Å². The molecule has 1 N–H and O–H groups in total. The molecule has 0 aliphatic carbocycles. The van der Waals surface area contributed by atoms with Crippen molar-refractivity contribution in [1.29, 1.82) is 0 Å². The third-order valence-corrected chi connectivity index (χ3v) is 4.97. The number of hydrazone groups is 1. The Balaban J connectivity index is 1.54. The van der Waals surface area contributed by atoms with Gasteiger partial charge in [-0.15, -0.1) is 11.3 Å². The van der Waals surface area contributed by atoms with E-state index in [1.165, 1.54) is 23.5 Å². The Morgan fingerprint density at radius 1 is 1.33 bits per heavy atom. The number of anilines is 1. The largest absolute Gasteiger partial charge is 0.489 e. The van der Waals surface area contributed by atoms with Crippen LogP contribution < -0.4 is 10.2 Å². The Bertz CT molecular complexity index is 1040. The van der Waals surface area contributed by atoms with Crippen LogP contribution in [-0.4, -0.2) is 23.8 Å². The minimum atomic E-state index is -0.386. The molecule has 1 aromatic heterocycles. The Hall–Kier alpha value is -2.97. The number of halogens is 2. The number of nitrogens with zero attached hydrogens (tertiary/aromatic N) is 2. The predicted molar refractivity (Wildman–Crippen MR) is 116 cm³/mol. The first kappa shape index (κ1) is 21.7. The number of carbonyl (C=O) groups excluding carboxylic acids is 1. The lowest BCUT2D eigenvalue weighted by Gasteiger charge is -2.08. The third-order valence-electron chi connectivity index (χ3n) is 3.82. The first-order valence-electron chi connectivity index (χ1n) is 9.09. The first-order chi connectivity index (χ1) is 14.5. The van der Waals surface area contributed by atoms with Gasteiger partial charge in [0.05, 0.1) is 30.0 Å². The topological polar surface area (TPSA) is 72.8 Å². The summed E-state index contributed by atoms with van der Waals surface area (Å²) < 4.78 is 23.8. The number of aromatic nitrogens is 1. The van der Waals surface area contributed by atoms with Crippen LogP contribution in [0.3, 0.4) is 0 Å². The maximum Gasteiger partial charge on any atom is 0.311 e. The molecule has 0 aliphatic rings. The van der Waals surface area contributed by atoms with Gasteiger partial charge in [-0.25, -0.2) is 9.37 Å². The molecule has 0 saturated heterocycles. The second kappa shape index (κ2) is 10.7.